The van der Waals surface area contributed by atoms with E-state index in [0.717, 1.165) is 4.47 Å². The summed E-state index contributed by atoms with van der Waals surface area (Å²) in [5, 5.41) is 8.17. The molecule has 2 rings (SSSR count). The van der Waals surface area contributed by atoms with Crippen molar-refractivity contribution in [2.45, 2.75) is 6.04 Å². The summed E-state index contributed by atoms with van der Waals surface area (Å²) in [6.45, 7) is 0.521. The third-order valence-electron chi connectivity index (χ3n) is 3.13. The fourth-order valence-corrected chi connectivity index (χ4v) is 3.61. The second-order valence-electron chi connectivity index (χ2n) is 4.95. The molecule has 0 aliphatic carbocycles. The predicted molar refractivity (Wildman–Crippen MR) is 96.9 cm³/mol. The Morgan fingerprint density at radius 1 is 1.41 bits per heavy atom. The number of hydrogen-bond donors (Lipinski definition) is 2. The van der Waals surface area contributed by atoms with Crippen molar-refractivity contribution < 1.29 is 4.79 Å². The van der Waals surface area contributed by atoms with Crippen LogP contribution in [0.2, 0.25) is 5.02 Å². The number of anilines is 1. The van der Waals surface area contributed by atoms with Crippen molar-refractivity contribution in [2.24, 2.45) is 0 Å². The van der Waals surface area contributed by atoms with E-state index in [1.54, 1.807) is 23.5 Å². The standard InChI is InChI=1S/C15H17BrClN3OS/c1-20(2)13(14-4-3-7-22-14)9-18-15(21)19-12-6-5-10(16)8-11(12)17/h3-8,13H,9H2,1-2H3,(H2,18,19,21). The average Bonchev–Trinajstić information content (AvgIpc) is 2.96. The Hall–Kier alpha value is -1.08. The molecule has 2 amide bonds. The molecule has 22 heavy (non-hydrogen) atoms. The topological polar surface area (TPSA) is 44.4 Å². The van der Waals surface area contributed by atoms with Crippen LogP contribution in [-0.4, -0.2) is 31.6 Å². The quantitative estimate of drug-likeness (QED) is 0.768. The zero-order chi connectivity index (χ0) is 16.1. The Balaban J connectivity index is 1.94. The van der Waals surface area contributed by atoms with Crippen LogP contribution in [0.3, 0.4) is 0 Å². The highest BCUT2D eigenvalue weighted by atomic mass is 79.9. The summed E-state index contributed by atoms with van der Waals surface area (Å²) in [5.41, 5.74) is 0.583. The summed E-state index contributed by atoms with van der Waals surface area (Å²) in [7, 11) is 3.99. The number of nitrogens with one attached hydrogen (secondary N) is 2. The molecule has 0 bridgehead atoms. The monoisotopic (exact) mass is 401 g/mol. The number of hydrogen-bond acceptors (Lipinski definition) is 3. The first-order chi connectivity index (χ1) is 10.5. The van der Waals surface area contributed by atoms with Crippen LogP contribution in [0, 0.1) is 0 Å². The van der Waals surface area contributed by atoms with E-state index >= 15 is 0 Å². The molecule has 0 fully saturated rings. The fourth-order valence-electron chi connectivity index (χ4n) is 1.97. The number of amides is 2. The lowest BCUT2D eigenvalue weighted by molar-refractivity contribution is 0.244. The summed E-state index contributed by atoms with van der Waals surface area (Å²) in [5.74, 6) is 0. The van der Waals surface area contributed by atoms with Crippen molar-refractivity contribution in [3.63, 3.8) is 0 Å². The van der Waals surface area contributed by atoms with Crippen LogP contribution in [0.5, 0.6) is 0 Å². The SMILES string of the molecule is CN(C)C(CNC(=O)Nc1ccc(Br)cc1Cl)c1cccs1. The number of carbonyl (C=O) groups is 1. The third kappa shape index (κ3) is 4.71. The first-order valence-electron chi connectivity index (χ1n) is 6.67. The molecular weight excluding hydrogens is 386 g/mol. The molecule has 1 unspecified atom stereocenters. The van der Waals surface area contributed by atoms with Gasteiger partial charge in [-0.15, -0.1) is 11.3 Å². The van der Waals surface area contributed by atoms with Crippen LogP contribution in [0.4, 0.5) is 10.5 Å². The number of carbonyl (C=O) groups excluding carboxylic acids is 1. The second-order valence-corrected chi connectivity index (χ2v) is 7.26. The van der Waals surface area contributed by atoms with Crippen molar-refractivity contribution in [1.82, 2.24) is 10.2 Å². The maximum absolute atomic E-state index is 12.0. The van der Waals surface area contributed by atoms with Gasteiger partial charge in [-0.05, 0) is 43.7 Å². The van der Waals surface area contributed by atoms with Crippen LogP contribution in [-0.2, 0) is 0 Å². The van der Waals surface area contributed by atoms with Gasteiger partial charge in [-0.1, -0.05) is 33.6 Å². The molecule has 0 spiro atoms. The molecule has 0 radical (unpaired) electrons. The van der Waals surface area contributed by atoms with Crippen LogP contribution in [0.1, 0.15) is 10.9 Å². The van der Waals surface area contributed by atoms with Gasteiger partial charge in [-0.25, -0.2) is 4.79 Å². The van der Waals surface area contributed by atoms with Crippen molar-refractivity contribution in [2.75, 3.05) is 26.0 Å². The van der Waals surface area contributed by atoms with Crippen LogP contribution in [0.15, 0.2) is 40.2 Å². The van der Waals surface area contributed by atoms with Crippen molar-refractivity contribution in [3.05, 3.63) is 50.1 Å². The van der Waals surface area contributed by atoms with Crippen molar-refractivity contribution in [1.29, 1.82) is 0 Å². The molecular formula is C15H17BrClN3OS. The zero-order valence-electron chi connectivity index (χ0n) is 12.3. The molecule has 0 aliphatic heterocycles. The van der Waals surface area contributed by atoms with Gasteiger partial charge >= 0.3 is 6.03 Å². The van der Waals surface area contributed by atoms with Crippen molar-refractivity contribution >= 4 is 50.6 Å². The highest BCUT2D eigenvalue weighted by Gasteiger charge is 2.16. The predicted octanol–water partition coefficient (Wildman–Crippen LogP) is 4.59. The molecule has 2 aromatic rings. The molecule has 0 aliphatic rings. The molecule has 0 saturated heterocycles. The van der Waals surface area contributed by atoms with Gasteiger partial charge in [0, 0.05) is 15.9 Å². The summed E-state index contributed by atoms with van der Waals surface area (Å²) >= 11 is 11.1. The molecule has 1 aromatic carbocycles. The van der Waals surface area contributed by atoms with Gasteiger partial charge in [0.1, 0.15) is 0 Å². The van der Waals surface area contributed by atoms with Crippen molar-refractivity contribution in [3.8, 4) is 0 Å². The van der Waals surface area contributed by atoms with E-state index in [4.69, 9.17) is 11.6 Å². The van der Waals surface area contributed by atoms with Gasteiger partial charge in [0.2, 0.25) is 0 Å². The highest BCUT2D eigenvalue weighted by Crippen LogP contribution is 2.26. The minimum Gasteiger partial charge on any atom is -0.336 e. The van der Waals surface area contributed by atoms with Gasteiger partial charge in [0.25, 0.3) is 0 Å². The first kappa shape index (κ1) is 17.3. The van der Waals surface area contributed by atoms with Gasteiger partial charge in [-0.2, -0.15) is 0 Å². The lowest BCUT2D eigenvalue weighted by Gasteiger charge is -2.23. The van der Waals surface area contributed by atoms with Gasteiger partial charge in [0.05, 0.1) is 16.8 Å². The normalized spacial score (nSPS) is 12.2. The maximum atomic E-state index is 12.0. The Morgan fingerprint density at radius 3 is 2.77 bits per heavy atom. The Bertz CT molecular complexity index is 634. The van der Waals surface area contributed by atoms with Crippen LogP contribution < -0.4 is 10.6 Å². The smallest absolute Gasteiger partial charge is 0.319 e. The Morgan fingerprint density at radius 2 is 2.18 bits per heavy atom. The highest BCUT2D eigenvalue weighted by molar-refractivity contribution is 9.10. The fraction of sp³-hybridized carbons (Fsp3) is 0.267. The number of likely N-dealkylation sites (N-methyl/N-ethyl adjacent to an activating group) is 1. The summed E-state index contributed by atoms with van der Waals surface area (Å²) < 4.78 is 0.869. The van der Waals surface area contributed by atoms with E-state index < -0.39 is 0 Å². The summed E-state index contributed by atoms with van der Waals surface area (Å²) in [6, 6.07) is 9.29. The van der Waals surface area contributed by atoms with E-state index in [0.29, 0.717) is 17.3 Å². The van der Waals surface area contributed by atoms with E-state index in [9.17, 15) is 4.79 Å². The summed E-state index contributed by atoms with van der Waals surface area (Å²) in [6.07, 6.45) is 0. The molecule has 1 aromatic heterocycles. The lowest BCUT2D eigenvalue weighted by atomic mass is 10.2. The van der Waals surface area contributed by atoms with E-state index in [-0.39, 0.29) is 12.1 Å². The molecule has 2 N–H and O–H groups in total. The lowest BCUT2D eigenvalue weighted by Crippen LogP contribution is -2.36. The number of rotatable bonds is 5. The second kappa shape index (κ2) is 7.97. The molecule has 0 saturated carbocycles. The van der Waals surface area contributed by atoms with Gasteiger partial charge < -0.3 is 15.5 Å². The largest absolute Gasteiger partial charge is 0.336 e. The van der Waals surface area contributed by atoms with Crippen LogP contribution in [0.25, 0.3) is 0 Å². The molecule has 1 atom stereocenters. The minimum atomic E-state index is -0.271. The number of urea groups is 1. The van der Waals surface area contributed by atoms with E-state index in [1.165, 1.54) is 4.88 Å². The summed E-state index contributed by atoms with van der Waals surface area (Å²) in [4.78, 5) is 15.3. The van der Waals surface area contributed by atoms with Gasteiger partial charge in [-0.3, -0.25) is 0 Å². The van der Waals surface area contributed by atoms with E-state index in [2.05, 4.69) is 37.5 Å². The zero-order valence-corrected chi connectivity index (χ0v) is 15.4. The van der Waals surface area contributed by atoms with Crippen LogP contribution >= 0.6 is 38.9 Å². The third-order valence-corrected chi connectivity index (χ3v) is 4.91. The number of nitrogens with zero attached hydrogens (tertiary/aromatic N) is 1. The number of thiophene rings is 1. The number of benzene rings is 1. The minimum absolute atomic E-state index is 0.145. The Kier molecular flexibility index (Phi) is 6.26. The average molecular weight is 403 g/mol. The molecule has 4 nitrogen and oxygen atoms in total. The van der Waals surface area contributed by atoms with Gasteiger partial charge in [0.15, 0.2) is 0 Å². The first-order valence-corrected chi connectivity index (χ1v) is 8.72. The molecule has 1 heterocycles. The number of halogens is 2. The Labute approximate surface area is 147 Å². The molecule has 7 heteroatoms. The maximum Gasteiger partial charge on any atom is 0.319 e. The van der Waals surface area contributed by atoms with E-state index in [1.807, 2.05) is 31.6 Å². The molecule has 118 valence electrons.